The number of ether oxygens (including phenoxy) is 1. The number of halogens is 1. The summed E-state index contributed by atoms with van der Waals surface area (Å²) in [6.45, 7) is 2.28. The van der Waals surface area contributed by atoms with Crippen molar-refractivity contribution in [3.63, 3.8) is 0 Å². The maximum atomic E-state index is 15.2. The van der Waals surface area contributed by atoms with E-state index in [-0.39, 0.29) is 29.9 Å². The lowest BCUT2D eigenvalue weighted by molar-refractivity contribution is -0.140. The molecule has 9 heteroatoms. The van der Waals surface area contributed by atoms with E-state index in [0.29, 0.717) is 47.0 Å². The van der Waals surface area contributed by atoms with E-state index >= 15 is 4.79 Å². The van der Waals surface area contributed by atoms with Crippen LogP contribution in [0.3, 0.4) is 0 Å². The molecule has 0 bridgehead atoms. The molecule has 2 heterocycles. The van der Waals surface area contributed by atoms with Crippen LogP contribution < -0.4 is 9.64 Å². The van der Waals surface area contributed by atoms with Crippen molar-refractivity contribution in [1.82, 2.24) is 4.90 Å². The summed E-state index contributed by atoms with van der Waals surface area (Å²) in [7, 11) is 1.50. The highest BCUT2D eigenvalue weighted by Crippen LogP contribution is 2.65. The van der Waals surface area contributed by atoms with E-state index in [1.165, 1.54) is 23.0 Å². The molecule has 6 atom stereocenters. The van der Waals surface area contributed by atoms with Gasteiger partial charge in [0, 0.05) is 29.1 Å². The maximum absolute atomic E-state index is 15.2. The summed E-state index contributed by atoms with van der Waals surface area (Å²) in [6.07, 6.45) is 3.24. The Labute approximate surface area is 266 Å². The SMILES string of the molecule is CCCN1C(=O)C2CC=C3C(CC4C(=O)N(c5cccc(Cl)c5)C(=O)C4(c4ccccc4)C3c3ccc(O)cc3OC)C2C1=O. The van der Waals surface area contributed by atoms with Gasteiger partial charge in [-0.2, -0.15) is 0 Å². The summed E-state index contributed by atoms with van der Waals surface area (Å²) in [5.74, 6) is -4.00. The lowest BCUT2D eigenvalue weighted by atomic mass is 9.49. The Morgan fingerprint density at radius 3 is 2.42 bits per heavy atom. The number of carbonyl (C=O) groups is 4. The molecule has 0 aromatic heterocycles. The van der Waals surface area contributed by atoms with Gasteiger partial charge < -0.3 is 9.84 Å². The number of methoxy groups -OCH3 is 1. The number of allylic oxidation sites excluding steroid dienone is 2. The number of benzene rings is 3. The molecule has 3 fully saturated rings. The first kappa shape index (κ1) is 29.3. The van der Waals surface area contributed by atoms with Crippen LogP contribution in [0.15, 0.2) is 84.4 Å². The van der Waals surface area contributed by atoms with Gasteiger partial charge >= 0.3 is 0 Å². The van der Waals surface area contributed by atoms with Crippen LogP contribution in [0, 0.1) is 23.7 Å². The zero-order valence-corrected chi connectivity index (χ0v) is 25.7. The van der Waals surface area contributed by atoms with Crippen LogP contribution in [0.2, 0.25) is 5.02 Å². The molecule has 7 rings (SSSR count). The van der Waals surface area contributed by atoms with Gasteiger partial charge in [-0.25, -0.2) is 4.90 Å². The Hall–Kier alpha value is -4.43. The lowest BCUT2D eigenvalue weighted by Gasteiger charge is -2.51. The van der Waals surface area contributed by atoms with Crippen molar-refractivity contribution in [2.75, 3.05) is 18.6 Å². The molecule has 0 radical (unpaired) electrons. The highest BCUT2D eigenvalue weighted by Gasteiger charge is 2.70. The molecule has 8 nitrogen and oxygen atoms in total. The number of phenolic OH excluding ortho intramolecular Hbond substituents is 1. The smallest absolute Gasteiger partial charge is 0.246 e. The number of rotatable bonds is 6. The third-order valence-corrected chi connectivity index (χ3v) is 10.5. The molecule has 1 N–H and O–H groups in total. The average Bonchev–Trinajstić information content (AvgIpc) is 3.42. The fourth-order valence-corrected chi connectivity index (χ4v) is 8.72. The van der Waals surface area contributed by atoms with Crippen LogP contribution in [-0.2, 0) is 24.6 Å². The quantitative estimate of drug-likeness (QED) is 0.282. The molecule has 4 aliphatic rings. The van der Waals surface area contributed by atoms with Gasteiger partial charge in [-0.3, -0.25) is 24.1 Å². The van der Waals surface area contributed by atoms with Gasteiger partial charge in [0.15, 0.2) is 0 Å². The summed E-state index contributed by atoms with van der Waals surface area (Å²) in [5, 5.41) is 10.8. The second-order valence-corrected chi connectivity index (χ2v) is 12.8. The summed E-state index contributed by atoms with van der Waals surface area (Å²) in [4.78, 5) is 60.0. The number of imide groups is 2. The number of hydrogen-bond donors (Lipinski definition) is 1. The Morgan fingerprint density at radius 1 is 0.933 bits per heavy atom. The highest BCUT2D eigenvalue weighted by molar-refractivity contribution is 6.32. The normalized spacial score (nSPS) is 29.0. The minimum atomic E-state index is -1.41. The van der Waals surface area contributed by atoms with Gasteiger partial charge in [0.25, 0.3) is 0 Å². The molecule has 3 aromatic rings. The van der Waals surface area contributed by atoms with Crippen molar-refractivity contribution in [2.24, 2.45) is 23.7 Å². The molecule has 6 unspecified atom stereocenters. The van der Waals surface area contributed by atoms with Crippen molar-refractivity contribution >= 4 is 40.9 Å². The molecule has 4 amide bonds. The third kappa shape index (κ3) is 4.11. The first-order valence-corrected chi connectivity index (χ1v) is 15.7. The predicted octanol–water partition coefficient (Wildman–Crippen LogP) is 5.63. The Morgan fingerprint density at radius 2 is 1.71 bits per heavy atom. The minimum absolute atomic E-state index is 0.00730. The maximum Gasteiger partial charge on any atom is 0.246 e. The van der Waals surface area contributed by atoms with Gasteiger partial charge in [0.1, 0.15) is 11.5 Å². The van der Waals surface area contributed by atoms with Crippen molar-refractivity contribution < 1.29 is 29.0 Å². The van der Waals surface area contributed by atoms with Crippen LogP contribution in [-0.4, -0.2) is 47.3 Å². The summed E-state index contributed by atoms with van der Waals surface area (Å²) in [6, 6.07) is 20.8. The van der Waals surface area contributed by atoms with E-state index in [4.69, 9.17) is 16.3 Å². The van der Waals surface area contributed by atoms with E-state index in [1.54, 1.807) is 36.4 Å². The van der Waals surface area contributed by atoms with Gasteiger partial charge in [-0.15, -0.1) is 0 Å². The van der Waals surface area contributed by atoms with Crippen LogP contribution >= 0.6 is 11.6 Å². The first-order chi connectivity index (χ1) is 21.7. The van der Waals surface area contributed by atoms with Crippen LogP contribution in [0.4, 0.5) is 5.69 Å². The number of aromatic hydroxyl groups is 1. The topological polar surface area (TPSA) is 104 Å². The van der Waals surface area contributed by atoms with Crippen molar-refractivity contribution in [3.05, 3.63) is 101 Å². The van der Waals surface area contributed by atoms with E-state index < -0.39 is 40.9 Å². The van der Waals surface area contributed by atoms with E-state index in [9.17, 15) is 19.5 Å². The number of nitrogens with zero attached hydrogens (tertiary/aromatic N) is 2. The monoisotopic (exact) mass is 624 g/mol. The number of amides is 4. The van der Waals surface area contributed by atoms with E-state index in [0.717, 1.165) is 5.57 Å². The number of fused-ring (bicyclic) bond motifs is 4. The minimum Gasteiger partial charge on any atom is -0.508 e. The molecule has 0 spiro atoms. The van der Waals surface area contributed by atoms with Crippen LogP contribution in [0.25, 0.3) is 0 Å². The zero-order chi connectivity index (χ0) is 31.6. The second-order valence-electron chi connectivity index (χ2n) is 12.3. The molecule has 3 aromatic carbocycles. The predicted molar refractivity (Wildman–Crippen MR) is 168 cm³/mol. The number of carbonyl (C=O) groups excluding carboxylic acids is 4. The summed E-state index contributed by atoms with van der Waals surface area (Å²) < 4.78 is 5.81. The standard InChI is InChI=1S/C36H33ClN2O6/c1-3-16-38-32(41)26-15-14-24-27(30(26)34(38)43)19-28-33(42)39(22-11-7-10-21(37)17-22)35(44)36(28,20-8-5-4-6-9-20)31(24)25-13-12-23(40)18-29(25)45-2/h4-14,17-18,26-28,30-31,40H,3,15-16,19H2,1-2H3. The second kappa shape index (κ2) is 10.9. The fraction of sp³-hybridized carbons (Fsp3) is 0.333. The molecule has 2 saturated heterocycles. The van der Waals surface area contributed by atoms with Gasteiger partial charge in [0.05, 0.1) is 36.0 Å². The first-order valence-electron chi connectivity index (χ1n) is 15.4. The highest BCUT2D eigenvalue weighted by atomic mass is 35.5. The zero-order valence-electron chi connectivity index (χ0n) is 25.0. The Balaban J connectivity index is 1.51. The van der Waals surface area contributed by atoms with Crippen molar-refractivity contribution in [1.29, 1.82) is 0 Å². The van der Waals surface area contributed by atoms with Crippen molar-refractivity contribution in [3.8, 4) is 11.5 Å². The molecular formula is C36H33ClN2O6. The molecular weight excluding hydrogens is 592 g/mol. The average molecular weight is 625 g/mol. The van der Waals surface area contributed by atoms with Crippen LogP contribution in [0.5, 0.6) is 11.5 Å². The molecule has 2 aliphatic heterocycles. The van der Waals surface area contributed by atoms with Gasteiger partial charge in [-0.1, -0.05) is 72.6 Å². The largest absolute Gasteiger partial charge is 0.508 e. The van der Waals surface area contributed by atoms with E-state index in [1.807, 2.05) is 43.3 Å². The van der Waals surface area contributed by atoms with Gasteiger partial charge in [0.2, 0.25) is 23.6 Å². The summed E-state index contributed by atoms with van der Waals surface area (Å²) >= 11 is 6.36. The Kier molecular flexibility index (Phi) is 7.08. The number of phenols is 1. The fourth-order valence-electron chi connectivity index (χ4n) is 8.54. The van der Waals surface area contributed by atoms with Gasteiger partial charge in [-0.05, 0) is 55.0 Å². The lowest BCUT2D eigenvalue weighted by Crippen LogP contribution is -2.53. The molecule has 45 heavy (non-hydrogen) atoms. The van der Waals surface area contributed by atoms with Crippen molar-refractivity contribution in [2.45, 2.75) is 37.5 Å². The Bertz CT molecular complexity index is 1770. The molecule has 2 aliphatic carbocycles. The summed E-state index contributed by atoms with van der Waals surface area (Å²) in [5.41, 5.74) is 1.09. The van der Waals surface area contributed by atoms with E-state index in [2.05, 4.69) is 0 Å². The number of hydrogen-bond acceptors (Lipinski definition) is 6. The number of anilines is 1. The molecule has 230 valence electrons. The molecule has 1 saturated carbocycles. The number of likely N-dealkylation sites (tertiary alicyclic amines) is 1. The van der Waals surface area contributed by atoms with Crippen LogP contribution in [0.1, 0.15) is 43.2 Å². The third-order valence-electron chi connectivity index (χ3n) is 10.2.